The Morgan fingerprint density at radius 3 is 2.06 bits per heavy atom. The fraction of sp³-hybridized carbons (Fsp3) is 0.0370. The molecule has 6 rings (SSSR count). The molecule has 0 saturated heterocycles. The molecule has 0 amide bonds. The molecule has 5 aromatic rings. The number of aryl methyl sites for hydroxylation is 1. The first kappa shape index (κ1) is 18.9. The number of nitrogens with zero attached hydrogens (tertiary/aromatic N) is 1. The van der Waals surface area contributed by atoms with Crippen LogP contribution in [0.2, 0.25) is 0 Å². The van der Waals surface area contributed by atoms with Crippen molar-refractivity contribution < 1.29 is 14.0 Å². The molecule has 2 heterocycles. The highest BCUT2D eigenvalue weighted by Crippen LogP contribution is 2.36. The molecular weight excluding hydrogens is 421 g/mol. The molecule has 32 heavy (non-hydrogen) atoms. The van der Waals surface area contributed by atoms with Gasteiger partial charge in [0, 0.05) is 28.7 Å². The first-order valence-corrected chi connectivity index (χ1v) is 11.0. The number of ketones is 2. The van der Waals surface area contributed by atoms with E-state index in [1.807, 2.05) is 54.1 Å². The molecule has 0 fully saturated rings. The topological polar surface area (TPSA) is 39.1 Å². The number of carbonyl (C=O) groups excluding carboxylic acids is 2. The van der Waals surface area contributed by atoms with Crippen LogP contribution in [0.25, 0.3) is 38.3 Å². The summed E-state index contributed by atoms with van der Waals surface area (Å²) >= 11 is 1.53. The van der Waals surface area contributed by atoms with E-state index >= 15 is 0 Å². The molecule has 0 bridgehead atoms. The molecule has 5 heteroatoms. The van der Waals surface area contributed by atoms with Crippen LogP contribution >= 0.6 is 11.3 Å². The zero-order valence-corrected chi connectivity index (χ0v) is 17.9. The van der Waals surface area contributed by atoms with Gasteiger partial charge in [-0.15, -0.1) is 11.3 Å². The summed E-state index contributed by atoms with van der Waals surface area (Å²) in [6.07, 6.45) is 1.71. The maximum absolute atomic E-state index is 13.3. The van der Waals surface area contributed by atoms with Gasteiger partial charge in [-0.05, 0) is 70.9 Å². The average Bonchev–Trinajstić information content (AvgIpc) is 3.41. The fourth-order valence-electron chi connectivity index (χ4n) is 4.38. The van der Waals surface area contributed by atoms with Gasteiger partial charge in [-0.3, -0.25) is 9.59 Å². The van der Waals surface area contributed by atoms with Crippen LogP contribution in [0.5, 0.6) is 0 Å². The smallest absolute Gasteiger partial charge is 0.197 e. The summed E-state index contributed by atoms with van der Waals surface area (Å²) in [4.78, 5) is 26.9. The monoisotopic (exact) mass is 437 g/mol. The number of hydrogen-bond acceptors (Lipinski definition) is 3. The quantitative estimate of drug-likeness (QED) is 0.229. The van der Waals surface area contributed by atoms with Crippen molar-refractivity contribution in [2.75, 3.05) is 0 Å². The van der Waals surface area contributed by atoms with Crippen LogP contribution < -0.4 is 0 Å². The number of halogens is 1. The second kappa shape index (κ2) is 6.84. The van der Waals surface area contributed by atoms with Crippen LogP contribution in [0.1, 0.15) is 25.6 Å². The third-order valence-corrected chi connectivity index (χ3v) is 7.06. The Hall–Kier alpha value is -3.83. The number of thiophene rings is 1. The van der Waals surface area contributed by atoms with Gasteiger partial charge in [0.2, 0.25) is 0 Å². The van der Waals surface area contributed by atoms with E-state index in [0.29, 0.717) is 11.1 Å². The maximum Gasteiger partial charge on any atom is 0.197 e. The van der Waals surface area contributed by atoms with Crippen LogP contribution in [-0.4, -0.2) is 16.1 Å². The summed E-state index contributed by atoms with van der Waals surface area (Å²) < 4.78 is 16.4. The van der Waals surface area contributed by atoms with E-state index in [-0.39, 0.29) is 23.0 Å². The van der Waals surface area contributed by atoms with Crippen molar-refractivity contribution in [3.8, 4) is 11.3 Å². The van der Waals surface area contributed by atoms with E-state index in [1.165, 1.54) is 23.5 Å². The standard InChI is InChI=1S/C27H16FNO2S/c1-29-23(15-6-8-18(28)9-7-15)14-25-24(29)13-19(32-25)12-22-26(30)20-10-16-4-2-3-5-17(16)11-21(20)27(22)31/h2-14H,1H3. The van der Waals surface area contributed by atoms with Gasteiger partial charge in [-0.2, -0.15) is 0 Å². The van der Waals surface area contributed by atoms with Crippen molar-refractivity contribution in [3.63, 3.8) is 0 Å². The Kier molecular flexibility index (Phi) is 4.04. The first-order valence-electron chi connectivity index (χ1n) is 10.2. The summed E-state index contributed by atoms with van der Waals surface area (Å²) in [7, 11) is 1.96. The van der Waals surface area contributed by atoms with Crippen molar-refractivity contribution in [1.29, 1.82) is 0 Å². The van der Waals surface area contributed by atoms with Crippen LogP contribution in [0, 0.1) is 5.82 Å². The molecule has 0 radical (unpaired) electrons. The number of carbonyl (C=O) groups is 2. The molecule has 3 aromatic carbocycles. The minimum absolute atomic E-state index is 0.209. The highest BCUT2D eigenvalue weighted by molar-refractivity contribution is 7.19. The van der Waals surface area contributed by atoms with Gasteiger partial charge >= 0.3 is 0 Å². The maximum atomic E-state index is 13.3. The van der Waals surface area contributed by atoms with Gasteiger partial charge in [0.05, 0.1) is 15.8 Å². The number of rotatable bonds is 2. The highest BCUT2D eigenvalue weighted by atomic mass is 32.1. The normalized spacial score (nSPS) is 13.4. The second-order valence-corrected chi connectivity index (χ2v) is 9.07. The minimum Gasteiger partial charge on any atom is -0.343 e. The van der Waals surface area contributed by atoms with Gasteiger partial charge in [0.1, 0.15) is 5.82 Å². The van der Waals surface area contributed by atoms with Gasteiger partial charge < -0.3 is 4.57 Å². The van der Waals surface area contributed by atoms with Crippen molar-refractivity contribution in [2.24, 2.45) is 7.05 Å². The summed E-state index contributed by atoms with van der Waals surface area (Å²) in [5.74, 6) is -0.709. The number of aromatic nitrogens is 1. The molecule has 3 nitrogen and oxygen atoms in total. The van der Waals surface area contributed by atoms with Gasteiger partial charge in [-0.1, -0.05) is 24.3 Å². The molecule has 0 N–H and O–H groups in total. The first-order chi connectivity index (χ1) is 15.5. The highest BCUT2D eigenvalue weighted by Gasteiger charge is 2.33. The molecular formula is C27H16FNO2S. The van der Waals surface area contributed by atoms with Crippen molar-refractivity contribution in [1.82, 2.24) is 4.57 Å². The number of allylic oxidation sites excluding steroid dienone is 1. The molecule has 0 atom stereocenters. The molecule has 2 aromatic heterocycles. The van der Waals surface area contributed by atoms with E-state index in [4.69, 9.17) is 0 Å². The zero-order valence-electron chi connectivity index (χ0n) is 17.1. The molecule has 0 aliphatic heterocycles. The molecule has 1 aliphatic rings. The Bertz CT molecular complexity index is 1560. The lowest BCUT2D eigenvalue weighted by Crippen LogP contribution is -1.99. The Morgan fingerprint density at radius 1 is 0.844 bits per heavy atom. The van der Waals surface area contributed by atoms with Crippen LogP contribution in [0.3, 0.4) is 0 Å². The number of benzene rings is 3. The average molecular weight is 437 g/mol. The van der Waals surface area contributed by atoms with E-state index in [0.717, 1.165) is 37.1 Å². The third kappa shape index (κ3) is 2.78. The second-order valence-electron chi connectivity index (χ2n) is 7.95. The van der Waals surface area contributed by atoms with Crippen LogP contribution in [0.4, 0.5) is 4.39 Å². The van der Waals surface area contributed by atoms with E-state index < -0.39 is 0 Å². The van der Waals surface area contributed by atoms with Crippen molar-refractivity contribution in [3.05, 3.63) is 100 Å². The fourth-order valence-corrected chi connectivity index (χ4v) is 5.45. The minimum atomic E-state index is -0.265. The van der Waals surface area contributed by atoms with Crippen molar-refractivity contribution in [2.45, 2.75) is 0 Å². The van der Waals surface area contributed by atoms with Crippen LogP contribution in [-0.2, 0) is 7.05 Å². The Morgan fingerprint density at radius 2 is 1.47 bits per heavy atom. The Labute approximate surface area is 187 Å². The predicted molar refractivity (Wildman–Crippen MR) is 127 cm³/mol. The number of fused-ring (bicyclic) bond motifs is 3. The summed E-state index contributed by atoms with van der Waals surface area (Å²) in [5, 5.41) is 1.90. The molecule has 0 saturated carbocycles. The SMILES string of the molecule is Cn1c(-c2ccc(F)cc2)cc2sc(C=C3C(=O)c4cc5ccccc5cc4C3=O)cc21. The van der Waals surface area contributed by atoms with E-state index in [9.17, 15) is 14.0 Å². The van der Waals surface area contributed by atoms with Crippen LogP contribution in [0.15, 0.2) is 78.4 Å². The van der Waals surface area contributed by atoms with Crippen molar-refractivity contribution >= 4 is 50.0 Å². The number of Topliss-reactive ketones (excluding diaryl/α,β-unsaturated/α-hetero) is 2. The summed E-state index contributed by atoms with van der Waals surface area (Å²) in [6, 6.07) is 21.8. The predicted octanol–water partition coefficient (Wildman–Crippen LogP) is 6.66. The lowest BCUT2D eigenvalue weighted by Gasteiger charge is -2.04. The molecule has 0 unspecified atom stereocenters. The summed E-state index contributed by atoms with van der Waals surface area (Å²) in [5.41, 5.74) is 4.07. The zero-order chi connectivity index (χ0) is 22.0. The summed E-state index contributed by atoms with van der Waals surface area (Å²) in [6.45, 7) is 0. The van der Waals surface area contributed by atoms with E-state index in [1.54, 1.807) is 18.2 Å². The van der Waals surface area contributed by atoms with Gasteiger partial charge in [0.15, 0.2) is 11.6 Å². The molecule has 154 valence electrons. The lowest BCUT2D eigenvalue weighted by molar-refractivity contribution is 0.0990. The third-order valence-electron chi connectivity index (χ3n) is 6.04. The Balaban J connectivity index is 1.40. The van der Waals surface area contributed by atoms with Gasteiger partial charge in [-0.25, -0.2) is 4.39 Å². The van der Waals surface area contributed by atoms with E-state index in [2.05, 4.69) is 6.07 Å². The lowest BCUT2D eigenvalue weighted by atomic mass is 10.0. The largest absolute Gasteiger partial charge is 0.343 e. The molecule has 0 spiro atoms. The molecule has 1 aliphatic carbocycles. The number of hydrogen-bond donors (Lipinski definition) is 0. The van der Waals surface area contributed by atoms with Gasteiger partial charge in [0.25, 0.3) is 0 Å².